The van der Waals surface area contributed by atoms with Gasteiger partial charge in [0.05, 0.1) is 6.61 Å². The molecule has 0 saturated heterocycles. The van der Waals surface area contributed by atoms with E-state index < -0.39 is 0 Å². The molecule has 3 heteroatoms. The Kier molecular flexibility index (Phi) is 3.08. The van der Waals surface area contributed by atoms with Gasteiger partial charge in [-0.25, -0.2) is 0 Å². The van der Waals surface area contributed by atoms with Gasteiger partial charge in [-0.1, -0.05) is 0 Å². The predicted octanol–water partition coefficient (Wildman–Crippen LogP) is 1.17. The maximum absolute atomic E-state index is 10.8. The molecule has 62 valence electrons. The lowest BCUT2D eigenvalue weighted by Gasteiger charge is -2.13. The number of aliphatic imine (C=N–C) groups is 1. The van der Waals surface area contributed by atoms with Crippen LogP contribution in [-0.4, -0.2) is 24.8 Å². The summed E-state index contributed by atoms with van der Waals surface area (Å²) < 4.78 is 4.71. The van der Waals surface area contributed by atoms with Crippen LogP contribution in [0, 0.1) is 0 Å². The smallest absolute Gasteiger partial charge is 0.327 e. The first-order valence-electron chi connectivity index (χ1n) is 4.00. The molecule has 1 saturated carbocycles. The monoisotopic (exact) mass is 155 g/mol. The molecule has 1 rings (SSSR count). The number of hydrogen-bond donors (Lipinski definition) is 0. The molecule has 3 nitrogen and oxygen atoms in total. The van der Waals surface area contributed by atoms with E-state index in [-0.39, 0.29) is 12.5 Å². The fourth-order valence-corrected chi connectivity index (χ4v) is 0.876. The van der Waals surface area contributed by atoms with E-state index in [0.29, 0.717) is 6.61 Å². The van der Waals surface area contributed by atoms with Gasteiger partial charge in [0.15, 0.2) is 0 Å². The lowest BCUT2D eigenvalue weighted by molar-refractivity contribution is -0.141. The van der Waals surface area contributed by atoms with Gasteiger partial charge < -0.3 is 4.74 Å². The average molecular weight is 155 g/mol. The van der Waals surface area contributed by atoms with Crippen molar-refractivity contribution in [2.24, 2.45) is 4.99 Å². The van der Waals surface area contributed by atoms with Crippen LogP contribution in [0.25, 0.3) is 0 Å². The van der Waals surface area contributed by atoms with Crippen LogP contribution in [0.4, 0.5) is 0 Å². The molecule has 1 aliphatic rings. The predicted molar refractivity (Wildman–Crippen MR) is 42.8 cm³/mol. The van der Waals surface area contributed by atoms with Crippen LogP contribution in [0.2, 0.25) is 0 Å². The van der Waals surface area contributed by atoms with Gasteiger partial charge >= 0.3 is 5.97 Å². The highest BCUT2D eigenvalue weighted by Gasteiger charge is 2.10. The van der Waals surface area contributed by atoms with E-state index in [4.69, 9.17) is 4.74 Å². The molecule has 0 spiro atoms. The summed E-state index contributed by atoms with van der Waals surface area (Å²) in [6.07, 6.45) is 3.36. The zero-order chi connectivity index (χ0) is 8.10. The molecule has 0 radical (unpaired) electrons. The zero-order valence-electron chi connectivity index (χ0n) is 6.80. The third-order valence-corrected chi connectivity index (χ3v) is 1.67. The molecular weight excluding hydrogens is 142 g/mol. The molecule has 11 heavy (non-hydrogen) atoms. The minimum Gasteiger partial charge on any atom is -0.465 e. The molecule has 1 fully saturated rings. The standard InChI is InChI=1S/C8H13NO2/c1-2-11-8(10)6-9-7-4-3-5-7/h2-6H2,1H3. The number of carbonyl (C=O) groups is 1. The van der Waals surface area contributed by atoms with Gasteiger partial charge in [0.2, 0.25) is 0 Å². The number of rotatable bonds is 3. The van der Waals surface area contributed by atoms with Gasteiger partial charge in [0.1, 0.15) is 6.54 Å². The Balaban J connectivity index is 2.14. The van der Waals surface area contributed by atoms with Crippen LogP contribution < -0.4 is 0 Å². The molecule has 0 aromatic heterocycles. The van der Waals surface area contributed by atoms with E-state index in [1.807, 2.05) is 0 Å². The van der Waals surface area contributed by atoms with E-state index in [2.05, 4.69) is 4.99 Å². The summed E-state index contributed by atoms with van der Waals surface area (Å²) in [6, 6.07) is 0. The van der Waals surface area contributed by atoms with E-state index >= 15 is 0 Å². The minimum absolute atomic E-state index is 0.211. The van der Waals surface area contributed by atoms with Gasteiger partial charge in [0, 0.05) is 5.71 Å². The summed E-state index contributed by atoms with van der Waals surface area (Å²) in [7, 11) is 0. The molecule has 0 aliphatic heterocycles. The first kappa shape index (κ1) is 8.24. The quantitative estimate of drug-likeness (QED) is 0.574. The van der Waals surface area contributed by atoms with E-state index in [0.717, 1.165) is 18.6 Å². The van der Waals surface area contributed by atoms with Gasteiger partial charge in [-0.2, -0.15) is 0 Å². The molecular formula is C8H13NO2. The molecule has 0 atom stereocenters. The first-order valence-corrected chi connectivity index (χ1v) is 4.00. The average Bonchev–Trinajstić information content (AvgIpc) is 1.85. The van der Waals surface area contributed by atoms with Crippen molar-refractivity contribution < 1.29 is 9.53 Å². The Labute approximate surface area is 66.5 Å². The number of esters is 1. The number of nitrogens with zero attached hydrogens (tertiary/aromatic N) is 1. The second kappa shape index (κ2) is 4.11. The minimum atomic E-state index is -0.216. The number of hydrogen-bond acceptors (Lipinski definition) is 3. The summed E-state index contributed by atoms with van der Waals surface area (Å²) >= 11 is 0. The topological polar surface area (TPSA) is 38.7 Å². The normalized spacial score (nSPS) is 15.5. The second-order valence-electron chi connectivity index (χ2n) is 2.54. The SMILES string of the molecule is CCOC(=O)CN=C1CCC1. The fourth-order valence-electron chi connectivity index (χ4n) is 0.876. The number of carbonyl (C=O) groups excluding carboxylic acids is 1. The Morgan fingerprint density at radius 3 is 2.82 bits per heavy atom. The summed E-state index contributed by atoms with van der Waals surface area (Å²) in [5.41, 5.74) is 1.16. The lowest BCUT2D eigenvalue weighted by Crippen LogP contribution is -2.14. The summed E-state index contributed by atoms with van der Waals surface area (Å²) in [5, 5.41) is 0. The molecule has 0 aromatic carbocycles. The Bertz CT molecular complexity index is 169. The summed E-state index contributed by atoms with van der Waals surface area (Å²) in [6.45, 7) is 2.46. The largest absolute Gasteiger partial charge is 0.465 e. The van der Waals surface area contributed by atoms with E-state index in [1.165, 1.54) is 6.42 Å². The van der Waals surface area contributed by atoms with Crippen LogP contribution in [0.5, 0.6) is 0 Å². The summed E-state index contributed by atoms with van der Waals surface area (Å²) in [5.74, 6) is -0.216. The van der Waals surface area contributed by atoms with Crippen LogP contribution in [0.15, 0.2) is 4.99 Å². The molecule has 0 amide bonds. The van der Waals surface area contributed by atoms with Gasteiger partial charge in [-0.05, 0) is 26.2 Å². The highest BCUT2D eigenvalue weighted by molar-refractivity contribution is 5.90. The van der Waals surface area contributed by atoms with Crippen molar-refractivity contribution in [2.45, 2.75) is 26.2 Å². The first-order chi connectivity index (χ1) is 5.33. The molecule has 0 N–H and O–H groups in total. The molecule has 0 heterocycles. The molecule has 1 aliphatic carbocycles. The number of ether oxygens (including phenoxy) is 1. The fraction of sp³-hybridized carbons (Fsp3) is 0.750. The van der Waals surface area contributed by atoms with Crippen LogP contribution in [-0.2, 0) is 9.53 Å². The molecule has 0 bridgehead atoms. The van der Waals surface area contributed by atoms with Gasteiger partial charge in [-0.3, -0.25) is 9.79 Å². The zero-order valence-corrected chi connectivity index (χ0v) is 6.80. The maximum Gasteiger partial charge on any atom is 0.327 e. The van der Waals surface area contributed by atoms with Crippen molar-refractivity contribution in [1.29, 1.82) is 0 Å². The van der Waals surface area contributed by atoms with Crippen molar-refractivity contribution in [2.75, 3.05) is 13.2 Å². The van der Waals surface area contributed by atoms with E-state index in [9.17, 15) is 4.79 Å². The Morgan fingerprint density at radius 1 is 1.64 bits per heavy atom. The highest BCUT2D eigenvalue weighted by atomic mass is 16.5. The van der Waals surface area contributed by atoms with Gasteiger partial charge in [0.25, 0.3) is 0 Å². The lowest BCUT2D eigenvalue weighted by atomic mass is 9.97. The Morgan fingerprint density at radius 2 is 2.36 bits per heavy atom. The van der Waals surface area contributed by atoms with Crippen molar-refractivity contribution in [1.82, 2.24) is 0 Å². The van der Waals surface area contributed by atoms with Crippen LogP contribution >= 0.6 is 0 Å². The second-order valence-corrected chi connectivity index (χ2v) is 2.54. The highest BCUT2D eigenvalue weighted by Crippen LogP contribution is 2.13. The Hall–Kier alpha value is -0.860. The van der Waals surface area contributed by atoms with Crippen LogP contribution in [0.1, 0.15) is 26.2 Å². The van der Waals surface area contributed by atoms with Gasteiger partial charge in [-0.15, -0.1) is 0 Å². The van der Waals surface area contributed by atoms with Crippen molar-refractivity contribution in [3.63, 3.8) is 0 Å². The van der Waals surface area contributed by atoms with Crippen LogP contribution in [0.3, 0.4) is 0 Å². The summed E-state index contributed by atoms with van der Waals surface area (Å²) in [4.78, 5) is 14.8. The third kappa shape index (κ3) is 2.70. The maximum atomic E-state index is 10.8. The van der Waals surface area contributed by atoms with Crippen molar-refractivity contribution >= 4 is 11.7 Å². The van der Waals surface area contributed by atoms with E-state index in [1.54, 1.807) is 6.92 Å². The van der Waals surface area contributed by atoms with Crippen molar-refractivity contribution in [3.8, 4) is 0 Å². The third-order valence-electron chi connectivity index (χ3n) is 1.67. The molecule has 0 aromatic rings. The molecule has 0 unspecified atom stereocenters. The van der Waals surface area contributed by atoms with Crippen molar-refractivity contribution in [3.05, 3.63) is 0 Å².